The molecule has 1 N–H and O–H groups in total. The lowest BCUT2D eigenvalue weighted by Gasteiger charge is -2.20. The van der Waals surface area contributed by atoms with Gasteiger partial charge in [0.1, 0.15) is 5.82 Å². The largest absolute Gasteiger partial charge is 0.328 e. The van der Waals surface area contributed by atoms with Gasteiger partial charge >= 0.3 is 0 Å². The smallest absolute Gasteiger partial charge is 0.224 e. The van der Waals surface area contributed by atoms with E-state index in [0.29, 0.717) is 12.3 Å². The Labute approximate surface area is 143 Å². The molecule has 4 rings (SSSR count). The second-order valence-electron chi connectivity index (χ2n) is 7.15. The Morgan fingerprint density at radius 3 is 2.96 bits per heavy atom. The molecule has 1 fully saturated rings. The minimum Gasteiger partial charge on any atom is -0.328 e. The number of amides is 1. The molecule has 126 valence electrons. The molecule has 2 aliphatic rings. The normalized spacial score (nSPS) is 17.7. The summed E-state index contributed by atoms with van der Waals surface area (Å²) >= 11 is 0. The molecule has 1 aromatic heterocycles. The summed E-state index contributed by atoms with van der Waals surface area (Å²) in [7, 11) is 0. The zero-order chi connectivity index (χ0) is 16.4. The zero-order valence-corrected chi connectivity index (χ0v) is 14.1. The first-order valence-corrected chi connectivity index (χ1v) is 9.24. The number of fused-ring (bicyclic) bond motifs is 1. The summed E-state index contributed by atoms with van der Waals surface area (Å²) in [6.45, 7) is 1.04. The number of benzene rings is 1. The van der Waals surface area contributed by atoms with E-state index in [2.05, 4.69) is 27.0 Å². The van der Waals surface area contributed by atoms with Crippen LogP contribution in [0.1, 0.15) is 50.8 Å². The zero-order valence-electron chi connectivity index (χ0n) is 14.1. The molecule has 1 aliphatic heterocycles. The van der Waals surface area contributed by atoms with Gasteiger partial charge in [0.25, 0.3) is 0 Å². The van der Waals surface area contributed by atoms with Gasteiger partial charge in [-0.05, 0) is 37.3 Å². The lowest BCUT2D eigenvalue weighted by Crippen LogP contribution is -2.18. The van der Waals surface area contributed by atoms with Crippen LogP contribution in [0.5, 0.6) is 0 Å². The molecular weight excluding hydrogens is 298 g/mol. The Bertz CT molecular complexity index is 728. The third-order valence-electron chi connectivity index (χ3n) is 5.36. The van der Waals surface area contributed by atoms with Gasteiger partial charge in [-0.3, -0.25) is 4.79 Å². The molecule has 1 saturated carbocycles. The van der Waals surface area contributed by atoms with Crippen LogP contribution in [0.2, 0.25) is 0 Å². The third kappa shape index (κ3) is 3.23. The molecule has 1 amide bonds. The van der Waals surface area contributed by atoms with Crippen LogP contribution < -0.4 is 5.32 Å². The van der Waals surface area contributed by atoms with Gasteiger partial charge in [0.2, 0.25) is 5.91 Å². The van der Waals surface area contributed by atoms with Gasteiger partial charge in [0, 0.05) is 30.6 Å². The molecule has 4 heteroatoms. The fourth-order valence-electron chi connectivity index (χ4n) is 4.11. The number of imidazole rings is 1. The lowest BCUT2D eigenvalue weighted by atomic mass is 9.87. The SMILES string of the molecule is O=C(CC1CCCCC1)Nc1cccc(-c2cnc3n2CCC3)c1. The average molecular weight is 323 g/mol. The molecule has 0 radical (unpaired) electrons. The van der Waals surface area contributed by atoms with Crippen LogP contribution >= 0.6 is 0 Å². The number of aromatic nitrogens is 2. The maximum absolute atomic E-state index is 12.3. The molecule has 2 aromatic rings. The van der Waals surface area contributed by atoms with Crippen LogP contribution in [-0.2, 0) is 17.8 Å². The van der Waals surface area contributed by atoms with E-state index in [9.17, 15) is 4.79 Å². The van der Waals surface area contributed by atoms with Crippen molar-refractivity contribution in [3.05, 3.63) is 36.3 Å². The summed E-state index contributed by atoms with van der Waals surface area (Å²) in [6, 6.07) is 8.16. The number of rotatable bonds is 4. The Morgan fingerprint density at radius 2 is 2.08 bits per heavy atom. The Kier molecular flexibility index (Phi) is 4.37. The number of anilines is 1. The van der Waals surface area contributed by atoms with Crippen molar-refractivity contribution >= 4 is 11.6 Å². The molecule has 0 atom stereocenters. The van der Waals surface area contributed by atoms with Crippen LogP contribution in [0.25, 0.3) is 11.3 Å². The number of nitrogens with zero attached hydrogens (tertiary/aromatic N) is 2. The highest BCUT2D eigenvalue weighted by Crippen LogP contribution is 2.29. The number of carbonyl (C=O) groups is 1. The van der Waals surface area contributed by atoms with Gasteiger partial charge in [-0.25, -0.2) is 4.98 Å². The summed E-state index contributed by atoms with van der Waals surface area (Å²) in [6.07, 6.45) is 11.1. The van der Waals surface area contributed by atoms with Gasteiger partial charge in [0.05, 0.1) is 11.9 Å². The molecule has 0 spiro atoms. The number of nitrogens with one attached hydrogen (secondary N) is 1. The predicted octanol–water partition coefficient (Wildman–Crippen LogP) is 4.41. The molecular formula is C20H25N3O. The van der Waals surface area contributed by atoms with E-state index >= 15 is 0 Å². The Balaban J connectivity index is 1.45. The third-order valence-corrected chi connectivity index (χ3v) is 5.36. The fraction of sp³-hybridized carbons (Fsp3) is 0.500. The summed E-state index contributed by atoms with van der Waals surface area (Å²) in [5.74, 6) is 1.90. The molecule has 24 heavy (non-hydrogen) atoms. The average Bonchev–Trinajstić information content (AvgIpc) is 3.19. The predicted molar refractivity (Wildman–Crippen MR) is 95.8 cm³/mol. The second-order valence-corrected chi connectivity index (χ2v) is 7.15. The van der Waals surface area contributed by atoms with Crippen molar-refractivity contribution in [2.45, 2.75) is 57.9 Å². The van der Waals surface area contributed by atoms with E-state index in [4.69, 9.17) is 0 Å². The van der Waals surface area contributed by atoms with Crippen LogP contribution in [0.4, 0.5) is 5.69 Å². The van der Waals surface area contributed by atoms with Gasteiger partial charge < -0.3 is 9.88 Å². The molecule has 2 heterocycles. The van der Waals surface area contributed by atoms with Crippen LogP contribution in [0.15, 0.2) is 30.5 Å². The number of aryl methyl sites for hydroxylation is 1. The van der Waals surface area contributed by atoms with Gasteiger partial charge in [-0.15, -0.1) is 0 Å². The maximum Gasteiger partial charge on any atom is 0.224 e. The molecule has 1 aromatic carbocycles. The van der Waals surface area contributed by atoms with Crippen molar-refractivity contribution in [2.24, 2.45) is 5.92 Å². The number of hydrogen-bond donors (Lipinski definition) is 1. The van der Waals surface area contributed by atoms with Crippen molar-refractivity contribution in [3.63, 3.8) is 0 Å². The molecule has 1 aliphatic carbocycles. The number of hydrogen-bond acceptors (Lipinski definition) is 2. The second kappa shape index (κ2) is 6.80. The first-order chi connectivity index (χ1) is 11.8. The van der Waals surface area contributed by atoms with E-state index in [1.54, 1.807) is 0 Å². The van der Waals surface area contributed by atoms with Crippen molar-refractivity contribution in [1.29, 1.82) is 0 Å². The van der Waals surface area contributed by atoms with E-state index in [-0.39, 0.29) is 5.91 Å². The van der Waals surface area contributed by atoms with Crippen molar-refractivity contribution < 1.29 is 4.79 Å². The fourth-order valence-corrected chi connectivity index (χ4v) is 4.11. The lowest BCUT2D eigenvalue weighted by molar-refractivity contribution is -0.117. The summed E-state index contributed by atoms with van der Waals surface area (Å²) in [4.78, 5) is 16.9. The van der Waals surface area contributed by atoms with Gasteiger partial charge in [-0.1, -0.05) is 31.4 Å². The first-order valence-electron chi connectivity index (χ1n) is 9.24. The maximum atomic E-state index is 12.3. The summed E-state index contributed by atoms with van der Waals surface area (Å²) in [5, 5.41) is 3.09. The van der Waals surface area contributed by atoms with Crippen molar-refractivity contribution in [1.82, 2.24) is 9.55 Å². The van der Waals surface area contributed by atoms with E-state index < -0.39 is 0 Å². The highest BCUT2D eigenvalue weighted by atomic mass is 16.1. The minimum absolute atomic E-state index is 0.151. The van der Waals surface area contributed by atoms with Crippen LogP contribution in [0.3, 0.4) is 0 Å². The van der Waals surface area contributed by atoms with Crippen LogP contribution in [0, 0.1) is 5.92 Å². The Morgan fingerprint density at radius 1 is 1.21 bits per heavy atom. The molecule has 0 bridgehead atoms. The number of carbonyl (C=O) groups excluding carboxylic acids is 1. The standard InChI is InChI=1S/C20H25N3O/c24-20(12-15-6-2-1-3-7-15)22-17-9-4-8-16(13-17)18-14-21-19-10-5-11-23(18)19/h4,8-9,13-15H,1-3,5-7,10-12H2,(H,22,24). The Hall–Kier alpha value is -2.10. The minimum atomic E-state index is 0.151. The topological polar surface area (TPSA) is 46.9 Å². The highest BCUT2D eigenvalue weighted by Gasteiger charge is 2.18. The quantitative estimate of drug-likeness (QED) is 0.906. The molecule has 4 nitrogen and oxygen atoms in total. The monoisotopic (exact) mass is 323 g/mol. The van der Waals surface area contributed by atoms with E-state index in [0.717, 1.165) is 29.9 Å². The molecule has 0 saturated heterocycles. The van der Waals surface area contributed by atoms with Crippen molar-refractivity contribution in [3.8, 4) is 11.3 Å². The first kappa shape index (κ1) is 15.4. The van der Waals surface area contributed by atoms with Crippen LogP contribution in [-0.4, -0.2) is 15.5 Å². The van der Waals surface area contributed by atoms with E-state index in [1.807, 2.05) is 18.3 Å². The highest BCUT2D eigenvalue weighted by molar-refractivity contribution is 5.91. The van der Waals surface area contributed by atoms with Gasteiger partial charge in [-0.2, -0.15) is 0 Å². The molecule has 0 unspecified atom stereocenters. The van der Waals surface area contributed by atoms with E-state index in [1.165, 1.54) is 44.3 Å². The summed E-state index contributed by atoms with van der Waals surface area (Å²) in [5.41, 5.74) is 3.18. The van der Waals surface area contributed by atoms with Crippen molar-refractivity contribution in [2.75, 3.05) is 5.32 Å². The summed E-state index contributed by atoms with van der Waals surface area (Å²) < 4.78 is 2.29. The van der Waals surface area contributed by atoms with Gasteiger partial charge in [0.15, 0.2) is 0 Å².